The molecule has 0 aliphatic heterocycles. The van der Waals surface area contributed by atoms with Crippen LogP contribution in [0.5, 0.6) is 0 Å². The zero-order chi connectivity index (χ0) is 25.9. The minimum Gasteiger partial charge on any atom is -0.352 e. The summed E-state index contributed by atoms with van der Waals surface area (Å²) < 4.78 is 14.1. The molecule has 7 heteroatoms. The van der Waals surface area contributed by atoms with Gasteiger partial charge in [0.1, 0.15) is 11.9 Å². The van der Waals surface area contributed by atoms with E-state index in [2.05, 4.69) is 21.2 Å². The molecule has 0 radical (unpaired) electrons. The second-order valence-corrected chi connectivity index (χ2v) is 10.7. The molecule has 0 saturated carbocycles. The van der Waals surface area contributed by atoms with Crippen LogP contribution in [0.3, 0.4) is 0 Å². The number of hydrogen-bond acceptors (Lipinski definition) is 3. The van der Waals surface area contributed by atoms with Crippen molar-refractivity contribution in [2.75, 3.05) is 5.75 Å². The molecule has 0 aliphatic rings. The van der Waals surface area contributed by atoms with Gasteiger partial charge in [-0.15, -0.1) is 11.8 Å². The number of rotatable bonds is 12. The van der Waals surface area contributed by atoms with Crippen LogP contribution in [0.4, 0.5) is 4.39 Å². The van der Waals surface area contributed by atoms with Gasteiger partial charge in [-0.1, -0.05) is 77.5 Å². The van der Waals surface area contributed by atoms with Crippen LogP contribution < -0.4 is 5.32 Å². The summed E-state index contributed by atoms with van der Waals surface area (Å²) in [6, 6.07) is 23.2. The van der Waals surface area contributed by atoms with E-state index in [1.165, 1.54) is 23.9 Å². The maximum Gasteiger partial charge on any atom is 0.243 e. The fraction of sp³-hybridized carbons (Fsp3) is 0.310. The van der Waals surface area contributed by atoms with Crippen molar-refractivity contribution in [3.05, 3.63) is 106 Å². The van der Waals surface area contributed by atoms with Crippen LogP contribution in [-0.4, -0.2) is 34.6 Å². The van der Waals surface area contributed by atoms with Gasteiger partial charge in [-0.25, -0.2) is 4.39 Å². The van der Waals surface area contributed by atoms with E-state index < -0.39 is 6.04 Å². The summed E-state index contributed by atoms with van der Waals surface area (Å²) in [5, 5.41) is 3.09. The summed E-state index contributed by atoms with van der Waals surface area (Å²) in [4.78, 5) is 28.8. The molecule has 190 valence electrons. The largest absolute Gasteiger partial charge is 0.352 e. The van der Waals surface area contributed by atoms with E-state index in [0.717, 1.165) is 27.6 Å². The van der Waals surface area contributed by atoms with Crippen molar-refractivity contribution < 1.29 is 14.0 Å². The molecule has 2 amide bonds. The third kappa shape index (κ3) is 8.79. The van der Waals surface area contributed by atoms with Gasteiger partial charge in [-0.05, 0) is 54.3 Å². The Bertz CT molecular complexity index is 1130. The number of carbonyl (C=O) groups excluding carboxylic acids is 2. The SMILES string of the molecule is CCC(C)NC(=O)C(Cc1ccccc1)N(Cc1cccc(Br)c1)C(=O)CSCc1ccc(F)cc1. The number of thioether (sulfide) groups is 1. The average molecular weight is 572 g/mol. The molecule has 0 spiro atoms. The maximum absolute atomic E-state index is 13.6. The minimum absolute atomic E-state index is 0.00597. The fourth-order valence-electron chi connectivity index (χ4n) is 3.75. The Morgan fingerprint density at radius 2 is 1.67 bits per heavy atom. The van der Waals surface area contributed by atoms with Crippen LogP contribution in [-0.2, 0) is 28.3 Å². The van der Waals surface area contributed by atoms with E-state index in [4.69, 9.17) is 0 Å². The van der Waals surface area contributed by atoms with Gasteiger partial charge < -0.3 is 10.2 Å². The molecule has 0 fully saturated rings. The van der Waals surface area contributed by atoms with Gasteiger partial charge in [0.15, 0.2) is 0 Å². The van der Waals surface area contributed by atoms with Crippen molar-refractivity contribution >= 4 is 39.5 Å². The Hall–Kier alpha value is -2.64. The molecule has 0 aliphatic carbocycles. The van der Waals surface area contributed by atoms with Gasteiger partial charge in [0.2, 0.25) is 11.8 Å². The van der Waals surface area contributed by atoms with Gasteiger partial charge in [0.05, 0.1) is 5.75 Å². The van der Waals surface area contributed by atoms with Gasteiger partial charge in [-0.3, -0.25) is 9.59 Å². The van der Waals surface area contributed by atoms with E-state index in [0.29, 0.717) is 18.7 Å². The first kappa shape index (κ1) is 27.9. The highest BCUT2D eigenvalue weighted by Crippen LogP contribution is 2.20. The maximum atomic E-state index is 13.6. The lowest BCUT2D eigenvalue weighted by Gasteiger charge is -2.32. The van der Waals surface area contributed by atoms with Crippen molar-refractivity contribution in [1.29, 1.82) is 0 Å². The molecule has 2 unspecified atom stereocenters. The Morgan fingerprint density at radius 3 is 2.33 bits per heavy atom. The summed E-state index contributed by atoms with van der Waals surface area (Å²) >= 11 is 4.97. The minimum atomic E-state index is -0.653. The zero-order valence-corrected chi connectivity index (χ0v) is 23.0. The second-order valence-electron chi connectivity index (χ2n) is 8.79. The molecule has 0 saturated heterocycles. The third-order valence-electron chi connectivity index (χ3n) is 5.92. The molecule has 3 rings (SSSR count). The average Bonchev–Trinajstić information content (AvgIpc) is 2.87. The highest BCUT2D eigenvalue weighted by atomic mass is 79.9. The lowest BCUT2D eigenvalue weighted by atomic mass is 10.0. The van der Waals surface area contributed by atoms with Crippen LogP contribution >= 0.6 is 27.7 Å². The van der Waals surface area contributed by atoms with E-state index in [-0.39, 0.29) is 29.4 Å². The van der Waals surface area contributed by atoms with Gasteiger partial charge in [0.25, 0.3) is 0 Å². The van der Waals surface area contributed by atoms with Gasteiger partial charge >= 0.3 is 0 Å². The van der Waals surface area contributed by atoms with Crippen molar-refractivity contribution in [3.8, 4) is 0 Å². The van der Waals surface area contributed by atoms with Crippen molar-refractivity contribution in [3.63, 3.8) is 0 Å². The first-order valence-corrected chi connectivity index (χ1v) is 14.0. The van der Waals surface area contributed by atoms with Crippen molar-refractivity contribution in [2.24, 2.45) is 0 Å². The molecule has 0 aromatic heterocycles. The smallest absolute Gasteiger partial charge is 0.243 e. The molecule has 3 aromatic carbocycles. The number of hydrogen-bond donors (Lipinski definition) is 1. The first-order valence-electron chi connectivity index (χ1n) is 12.1. The molecule has 3 aromatic rings. The van der Waals surface area contributed by atoms with Crippen LogP contribution in [0, 0.1) is 5.82 Å². The van der Waals surface area contributed by atoms with Crippen molar-refractivity contribution in [1.82, 2.24) is 10.2 Å². The van der Waals surface area contributed by atoms with E-state index in [1.54, 1.807) is 17.0 Å². The van der Waals surface area contributed by atoms with Gasteiger partial charge in [-0.2, -0.15) is 0 Å². The van der Waals surface area contributed by atoms with E-state index in [1.807, 2.05) is 68.4 Å². The summed E-state index contributed by atoms with van der Waals surface area (Å²) in [6.07, 6.45) is 1.22. The third-order valence-corrected chi connectivity index (χ3v) is 7.40. The summed E-state index contributed by atoms with van der Waals surface area (Å²) in [7, 11) is 0. The standard InChI is InChI=1S/C29H32BrFN2O2S/c1-3-21(2)32-29(35)27(17-22-8-5-4-6-9-22)33(18-24-10-7-11-25(30)16-24)28(34)20-36-19-23-12-14-26(31)15-13-23/h4-16,21,27H,3,17-20H2,1-2H3,(H,32,35). The highest BCUT2D eigenvalue weighted by Gasteiger charge is 2.30. The predicted molar refractivity (Wildman–Crippen MR) is 149 cm³/mol. The lowest BCUT2D eigenvalue weighted by Crippen LogP contribution is -2.52. The Labute approximate surface area is 225 Å². The molecule has 0 heterocycles. The van der Waals surface area contributed by atoms with Crippen molar-refractivity contribution in [2.45, 2.75) is 51.1 Å². The fourth-order valence-corrected chi connectivity index (χ4v) is 5.06. The number of carbonyl (C=O) groups is 2. The monoisotopic (exact) mass is 570 g/mol. The quantitative estimate of drug-likeness (QED) is 0.275. The van der Waals surface area contributed by atoms with Gasteiger partial charge in [0, 0.05) is 29.2 Å². The number of nitrogens with zero attached hydrogens (tertiary/aromatic N) is 1. The highest BCUT2D eigenvalue weighted by molar-refractivity contribution is 9.10. The molecule has 4 nitrogen and oxygen atoms in total. The van der Waals surface area contributed by atoms with Crippen LogP contribution in [0.25, 0.3) is 0 Å². The number of nitrogens with one attached hydrogen (secondary N) is 1. The Balaban J connectivity index is 1.85. The summed E-state index contributed by atoms with van der Waals surface area (Å²) in [6.45, 7) is 4.31. The number of benzene rings is 3. The normalized spacial score (nSPS) is 12.6. The Kier molecular flexibility index (Phi) is 11.0. The molecule has 36 heavy (non-hydrogen) atoms. The van der Waals surface area contributed by atoms with Crippen LogP contribution in [0.2, 0.25) is 0 Å². The number of halogens is 2. The molecule has 0 bridgehead atoms. The first-order chi connectivity index (χ1) is 17.4. The zero-order valence-electron chi connectivity index (χ0n) is 20.6. The molecule has 1 N–H and O–H groups in total. The van der Waals surface area contributed by atoms with Crippen LogP contribution in [0.1, 0.15) is 37.0 Å². The van der Waals surface area contributed by atoms with E-state index >= 15 is 0 Å². The topological polar surface area (TPSA) is 49.4 Å². The molecular weight excluding hydrogens is 539 g/mol. The summed E-state index contributed by atoms with van der Waals surface area (Å²) in [5.41, 5.74) is 2.88. The summed E-state index contributed by atoms with van der Waals surface area (Å²) in [5.74, 6) is 0.255. The molecular formula is C29H32BrFN2O2S. The lowest BCUT2D eigenvalue weighted by molar-refractivity contribution is -0.139. The predicted octanol–water partition coefficient (Wildman–Crippen LogP) is 6.38. The number of amides is 2. The van der Waals surface area contributed by atoms with Crippen LogP contribution in [0.15, 0.2) is 83.3 Å². The molecule has 2 atom stereocenters. The van der Waals surface area contributed by atoms with E-state index in [9.17, 15) is 14.0 Å². The Morgan fingerprint density at radius 1 is 0.972 bits per heavy atom. The second kappa shape index (κ2) is 14.2.